The monoisotopic (exact) mass is 536 g/mol. The van der Waals surface area contributed by atoms with Gasteiger partial charge in [-0.25, -0.2) is 0 Å². The average Bonchev–Trinajstić information content (AvgIpc) is 3.48. The van der Waals surface area contributed by atoms with Crippen molar-refractivity contribution < 1.29 is 13.0 Å². The number of hydrogen-bond donors (Lipinski definition) is 2. The Kier molecular flexibility index (Phi) is 6.42. The molecule has 6 aliphatic rings. The van der Waals surface area contributed by atoms with Gasteiger partial charge in [0, 0.05) is 63.7 Å². The highest BCUT2D eigenvalue weighted by Gasteiger charge is 2.40. The van der Waals surface area contributed by atoms with Crippen molar-refractivity contribution in [3.8, 4) is 0 Å². The maximum atomic E-state index is 11.5. The first-order valence-electron chi connectivity index (χ1n) is 14.6. The molecule has 2 N–H and O–H groups in total. The van der Waals surface area contributed by atoms with Gasteiger partial charge in [0.15, 0.2) is 0 Å². The molecule has 2 fully saturated rings. The standard InChI is InChI=1S/C15H20N2O3S.C15H20N2/c18-21(19,20)17-8-7-16-9-11-3-1-5-13(11)14-6-2-4-12(10-17)15(14)16;1-3-11-9-16-7-8-17-10-12-4-2-5-13(12)14(6-1)15(11)17/h2,4,6,11,13H,1,3,5,7-10H2,(H,18,19,20);1,3,6,12-13,16H,2,4-5,7-10H2/t11-,13-;12-,13-/m00/s1. The van der Waals surface area contributed by atoms with Gasteiger partial charge in [0.2, 0.25) is 0 Å². The van der Waals surface area contributed by atoms with Crippen LogP contribution in [0, 0.1) is 11.8 Å². The van der Waals surface area contributed by atoms with Crippen LogP contribution in [0.4, 0.5) is 11.4 Å². The first-order valence-corrected chi connectivity index (χ1v) is 16.0. The Morgan fingerprint density at radius 1 is 0.763 bits per heavy atom. The van der Waals surface area contributed by atoms with Crippen molar-refractivity contribution in [1.29, 1.82) is 0 Å². The predicted octanol–water partition coefficient (Wildman–Crippen LogP) is 4.50. The molecule has 0 radical (unpaired) electrons. The number of nitrogens with zero attached hydrogens (tertiary/aromatic N) is 3. The summed E-state index contributed by atoms with van der Waals surface area (Å²) >= 11 is 0. The Balaban J connectivity index is 0.000000130. The smallest absolute Gasteiger partial charge is 0.336 e. The number of rotatable bonds is 1. The normalized spacial score (nSPS) is 29.7. The maximum absolute atomic E-state index is 11.5. The second kappa shape index (κ2) is 9.81. The molecule has 0 spiro atoms. The van der Waals surface area contributed by atoms with E-state index in [1.54, 1.807) is 11.3 Å². The molecule has 0 aromatic heterocycles. The largest absolute Gasteiger partial charge is 0.369 e. The van der Waals surface area contributed by atoms with Crippen LogP contribution in [0.1, 0.15) is 72.6 Å². The third kappa shape index (κ3) is 4.34. The fraction of sp³-hybridized carbons (Fsp3) is 0.600. The van der Waals surface area contributed by atoms with E-state index in [2.05, 4.69) is 39.4 Å². The van der Waals surface area contributed by atoms with Crippen molar-refractivity contribution in [2.24, 2.45) is 11.8 Å². The van der Waals surface area contributed by atoms with Gasteiger partial charge in [-0.3, -0.25) is 4.55 Å². The fourth-order valence-electron chi connectivity index (χ4n) is 8.48. The molecule has 4 aliphatic heterocycles. The minimum absolute atomic E-state index is 0.274. The van der Waals surface area contributed by atoms with Crippen molar-refractivity contribution in [2.75, 3.05) is 49.1 Å². The van der Waals surface area contributed by atoms with E-state index >= 15 is 0 Å². The maximum Gasteiger partial charge on any atom is 0.336 e. The Labute approximate surface area is 227 Å². The highest BCUT2D eigenvalue weighted by Crippen LogP contribution is 2.50. The van der Waals surface area contributed by atoms with E-state index < -0.39 is 10.3 Å². The topological polar surface area (TPSA) is 76.1 Å². The van der Waals surface area contributed by atoms with Gasteiger partial charge >= 0.3 is 10.3 Å². The van der Waals surface area contributed by atoms with Gasteiger partial charge < -0.3 is 15.1 Å². The molecular formula is C30H40N4O3S. The lowest BCUT2D eigenvalue weighted by molar-refractivity contribution is 0.352. The van der Waals surface area contributed by atoms with E-state index in [1.165, 1.54) is 72.7 Å². The van der Waals surface area contributed by atoms with Crippen LogP contribution in [0.3, 0.4) is 0 Å². The number of benzene rings is 2. The lowest BCUT2D eigenvalue weighted by Crippen LogP contribution is -2.39. The summed E-state index contributed by atoms with van der Waals surface area (Å²) < 4.78 is 33.6. The number of nitrogens with one attached hydrogen (secondary N) is 1. The molecule has 38 heavy (non-hydrogen) atoms. The third-order valence-corrected chi connectivity index (χ3v) is 11.1. The zero-order chi connectivity index (χ0) is 25.9. The minimum Gasteiger partial charge on any atom is -0.369 e. The summed E-state index contributed by atoms with van der Waals surface area (Å²) in [4.78, 5) is 4.99. The molecule has 8 heteroatoms. The van der Waals surface area contributed by atoms with Crippen molar-refractivity contribution in [3.05, 3.63) is 58.7 Å². The van der Waals surface area contributed by atoms with Crippen LogP contribution in [0.5, 0.6) is 0 Å². The highest BCUT2D eigenvalue weighted by atomic mass is 32.2. The Bertz CT molecular complexity index is 1310. The Hall–Kier alpha value is -2.13. The molecule has 0 amide bonds. The highest BCUT2D eigenvalue weighted by molar-refractivity contribution is 7.83. The fourth-order valence-corrected chi connectivity index (χ4v) is 9.10. The number of hydrogen-bond acceptors (Lipinski definition) is 5. The van der Waals surface area contributed by atoms with E-state index in [-0.39, 0.29) is 6.54 Å². The summed E-state index contributed by atoms with van der Waals surface area (Å²) in [6, 6.07) is 13.2. The lowest BCUT2D eigenvalue weighted by Gasteiger charge is -2.38. The van der Waals surface area contributed by atoms with Gasteiger partial charge in [0.25, 0.3) is 0 Å². The number of para-hydroxylation sites is 2. The summed E-state index contributed by atoms with van der Waals surface area (Å²) in [6.07, 6.45) is 8.11. The molecule has 204 valence electrons. The van der Waals surface area contributed by atoms with Crippen LogP contribution >= 0.6 is 0 Å². The number of anilines is 2. The van der Waals surface area contributed by atoms with Crippen LogP contribution in [0.25, 0.3) is 0 Å². The Morgan fingerprint density at radius 3 is 2.03 bits per heavy atom. The van der Waals surface area contributed by atoms with Crippen LogP contribution < -0.4 is 15.1 Å². The van der Waals surface area contributed by atoms with Crippen molar-refractivity contribution in [1.82, 2.24) is 9.62 Å². The number of fused-ring (bicyclic) bond motifs is 4. The average molecular weight is 537 g/mol. The van der Waals surface area contributed by atoms with Gasteiger partial charge in [-0.2, -0.15) is 12.7 Å². The van der Waals surface area contributed by atoms with Gasteiger partial charge in [0.1, 0.15) is 0 Å². The molecule has 2 aliphatic carbocycles. The van der Waals surface area contributed by atoms with Crippen LogP contribution in [0.15, 0.2) is 36.4 Å². The molecule has 0 saturated heterocycles. The van der Waals surface area contributed by atoms with E-state index in [1.807, 2.05) is 12.1 Å². The van der Waals surface area contributed by atoms with Gasteiger partial charge in [-0.15, -0.1) is 0 Å². The lowest BCUT2D eigenvalue weighted by atomic mass is 9.82. The summed E-state index contributed by atoms with van der Waals surface area (Å²) in [6.45, 7) is 6.98. The van der Waals surface area contributed by atoms with Gasteiger partial charge in [-0.1, -0.05) is 49.2 Å². The van der Waals surface area contributed by atoms with Crippen molar-refractivity contribution in [3.63, 3.8) is 0 Å². The molecule has 4 atom stereocenters. The van der Waals surface area contributed by atoms with Crippen molar-refractivity contribution in [2.45, 2.75) is 63.5 Å². The first-order chi connectivity index (χ1) is 18.5. The van der Waals surface area contributed by atoms with E-state index in [0.717, 1.165) is 37.0 Å². The van der Waals surface area contributed by atoms with Gasteiger partial charge in [0.05, 0.1) is 0 Å². The zero-order valence-corrected chi connectivity index (χ0v) is 23.0. The van der Waals surface area contributed by atoms with Crippen LogP contribution in [-0.4, -0.2) is 56.5 Å². The third-order valence-electron chi connectivity index (χ3n) is 10.1. The molecule has 0 unspecified atom stereocenters. The summed E-state index contributed by atoms with van der Waals surface area (Å²) in [5.41, 5.74) is 8.39. The van der Waals surface area contributed by atoms with Gasteiger partial charge in [-0.05, 0) is 71.6 Å². The first kappa shape index (κ1) is 24.9. The SMILES string of the molecule is O=S(=O)(O)N1CCN2C[C@@H]3CCC[C@@H]3c3cccc(c32)C1.c1cc2c3c(c1)[C@H]1CCC[C@H]1CN3CCNC2. The predicted molar refractivity (Wildman–Crippen MR) is 151 cm³/mol. The van der Waals surface area contributed by atoms with E-state index in [9.17, 15) is 13.0 Å². The molecule has 2 aromatic carbocycles. The van der Waals surface area contributed by atoms with Crippen molar-refractivity contribution >= 4 is 21.7 Å². The molecule has 4 heterocycles. The molecule has 0 bridgehead atoms. The molecule has 7 nitrogen and oxygen atoms in total. The quantitative estimate of drug-likeness (QED) is 0.523. The molecule has 8 rings (SSSR count). The second-order valence-corrected chi connectivity index (χ2v) is 13.6. The molecule has 2 aromatic rings. The second-order valence-electron chi connectivity index (χ2n) is 12.2. The Morgan fingerprint density at radius 2 is 1.37 bits per heavy atom. The van der Waals surface area contributed by atoms with E-state index in [0.29, 0.717) is 24.9 Å². The van der Waals surface area contributed by atoms with Crippen LogP contribution in [0.2, 0.25) is 0 Å². The molecule has 2 saturated carbocycles. The summed E-state index contributed by atoms with van der Waals surface area (Å²) in [5.74, 6) is 3.12. The van der Waals surface area contributed by atoms with Crippen LogP contribution in [-0.2, 0) is 23.4 Å². The summed E-state index contributed by atoms with van der Waals surface area (Å²) in [5, 5.41) is 3.55. The summed E-state index contributed by atoms with van der Waals surface area (Å²) in [7, 11) is -4.13. The minimum atomic E-state index is -4.13. The molecular weight excluding hydrogens is 496 g/mol. The zero-order valence-electron chi connectivity index (χ0n) is 22.2. The van der Waals surface area contributed by atoms with E-state index in [4.69, 9.17) is 0 Å².